The average Bonchev–Trinajstić information content (AvgIpc) is 0.785. The van der Waals surface area contributed by atoms with E-state index < -0.39 is 168 Å². The van der Waals surface area contributed by atoms with E-state index in [1.165, 1.54) is 128 Å². The van der Waals surface area contributed by atoms with Crippen LogP contribution in [-0.4, -0.2) is 170 Å². The molecule has 2 amide bonds. The van der Waals surface area contributed by atoms with E-state index in [0.717, 1.165) is 218 Å². The fourth-order valence-electron chi connectivity index (χ4n) is 17.1. The maximum absolute atomic E-state index is 15.1. The van der Waals surface area contributed by atoms with Gasteiger partial charge in [0.1, 0.15) is 48.7 Å². The number of carbonyl (C=O) groups is 6. The SMILES string of the molecule is CCCCCC/C=C\CCCCCCCC(=O)OC(CCCCCCCCCCC)CC(=O)NC1[C@H](OCC2O[C@@H](OP(=O)(O)O)C(NC(=O)CC(O)CCCCCCCCCCC)[C@@H](OC(=O)CC(O)CCCCCCCCCCC)[C@@H]2O)OC(CO)[C@@H](O)[C@@H]1OC(=O)CC(CCCCCCCCCCC)OC(=O)CCCCCCCCCCCCCCC. The molecule has 14 atom stereocenters. The van der Waals surface area contributed by atoms with Gasteiger partial charge in [0.2, 0.25) is 11.8 Å². The number of aliphatic hydroxyl groups is 5. The summed E-state index contributed by atoms with van der Waals surface area (Å²) in [7, 11) is -5.62. The van der Waals surface area contributed by atoms with E-state index in [4.69, 9.17) is 37.7 Å². The second-order valence-electron chi connectivity index (χ2n) is 36.7. The summed E-state index contributed by atoms with van der Waals surface area (Å²) in [5.74, 6) is -4.52. The quantitative estimate of drug-likeness (QED) is 0.00898. The van der Waals surface area contributed by atoms with Gasteiger partial charge in [0.05, 0.1) is 51.1 Å². The summed E-state index contributed by atoms with van der Waals surface area (Å²) < 4.78 is 61.7. The Hall–Kier alpha value is -3.65. The third kappa shape index (κ3) is 64.0. The number of hydrogen-bond donors (Lipinski definition) is 9. The van der Waals surface area contributed by atoms with Gasteiger partial charge in [0, 0.05) is 12.8 Å². The Morgan fingerprint density at radius 3 is 1.01 bits per heavy atom. The van der Waals surface area contributed by atoms with Crippen LogP contribution in [0.1, 0.15) is 491 Å². The first-order chi connectivity index (χ1) is 60.6. The first-order valence-corrected chi connectivity index (χ1v) is 53.2. The lowest BCUT2D eigenvalue weighted by atomic mass is 9.95. The summed E-state index contributed by atoms with van der Waals surface area (Å²) in [4.78, 5) is 107. The molecule has 24 nitrogen and oxygen atoms in total. The molecule has 2 heterocycles. The summed E-state index contributed by atoms with van der Waals surface area (Å²) in [6, 6.07) is -3.57. The lowest BCUT2D eigenvalue weighted by Crippen LogP contribution is -2.67. The lowest BCUT2D eigenvalue weighted by molar-refractivity contribution is -0.298. The van der Waals surface area contributed by atoms with Gasteiger partial charge in [-0.1, -0.05) is 388 Å². The molecule has 2 rings (SSSR count). The third-order valence-corrected chi connectivity index (χ3v) is 25.3. The van der Waals surface area contributed by atoms with Crippen molar-refractivity contribution in [1.29, 1.82) is 0 Å². The van der Waals surface area contributed by atoms with Gasteiger partial charge in [-0.3, -0.25) is 33.3 Å². The number of phosphoric ester groups is 1. The van der Waals surface area contributed by atoms with Gasteiger partial charge in [-0.15, -0.1) is 0 Å². The molecule has 8 unspecified atom stereocenters. The fourth-order valence-corrected chi connectivity index (χ4v) is 17.5. The molecule has 0 aromatic heterocycles. The third-order valence-electron chi connectivity index (χ3n) is 24.8. The largest absolute Gasteiger partial charge is 0.472 e. The van der Waals surface area contributed by atoms with Gasteiger partial charge < -0.3 is 79.1 Å². The Morgan fingerprint density at radius 2 is 0.640 bits per heavy atom. The summed E-state index contributed by atoms with van der Waals surface area (Å²) >= 11 is 0. The predicted octanol–water partition coefficient (Wildman–Crippen LogP) is 22.6. The molecule has 0 aromatic rings. The molecule has 0 radical (unpaired) electrons. The molecular weight excluding hydrogens is 1610 g/mol. The maximum atomic E-state index is 15.1. The topological polar surface area (TPSA) is 359 Å². The summed E-state index contributed by atoms with van der Waals surface area (Å²) in [5, 5.41) is 63.8. The molecule has 2 aliphatic rings. The van der Waals surface area contributed by atoms with Gasteiger partial charge in [-0.05, 0) is 77.0 Å². The second kappa shape index (κ2) is 80.0. The molecule has 734 valence electrons. The van der Waals surface area contributed by atoms with Crippen LogP contribution in [0.5, 0.6) is 0 Å². The number of aliphatic hydroxyl groups excluding tert-OH is 5. The highest BCUT2D eigenvalue weighted by atomic mass is 31.2. The van der Waals surface area contributed by atoms with E-state index in [-0.39, 0.29) is 25.7 Å². The monoisotopic (exact) mass is 1800 g/mol. The summed E-state index contributed by atoms with van der Waals surface area (Å²) in [6.45, 7) is 11.4. The number of hydrogen-bond acceptors (Lipinski definition) is 20. The molecule has 2 fully saturated rings. The predicted molar refractivity (Wildman–Crippen MR) is 497 cm³/mol. The highest BCUT2D eigenvalue weighted by Gasteiger charge is 2.53. The number of rotatable bonds is 87. The second-order valence-corrected chi connectivity index (χ2v) is 37.9. The highest BCUT2D eigenvalue weighted by molar-refractivity contribution is 7.46. The number of allylic oxidation sites excluding steroid dienone is 2. The van der Waals surface area contributed by atoms with Gasteiger partial charge in [0.15, 0.2) is 24.8 Å². The molecule has 0 saturated carbocycles. The molecule has 0 aliphatic carbocycles. The summed E-state index contributed by atoms with van der Waals surface area (Å²) in [6.07, 6.45) is 47.5. The van der Waals surface area contributed by atoms with Gasteiger partial charge >= 0.3 is 31.7 Å². The number of amides is 2. The molecule has 125 heavy (non-hydrogen) atoms. The van der Waals surface area contributed by atoms with Crippen LogP contribution in [-0.2, 0) is 71.0 Å². The van der Waals surface area contributed by atoms with Gasteiger partial charge in [-0.2, -0.15) is 0 Å². The van der Waals surface area contributed by atoms with Crippen LogP contribution < -0.4 is 10.6 Å². The Labute approximate surface area is 758 Å². The highest BCUT2D eigenvalue weighted by Crippen LogP contribution is 2.42. The molecule has 9 N–H and O–H groups in total. The van der Waals surface area contributed by atoms with Crippen molar-refractivity contribution in [3.05, 3.63) is 12.2 Å². The number of nitrogens with one attached hydrogen (secondary N) is 2. The van der Waals surface area contributed by atoms with Crippen molar-refractivity contribution in [2.75, 3.05) is 13.2 Å². The minimum absolute atomic E-state index is 0.133. The normalized spacial score (nSPS) is 20.2. The van der Waals surface area contributed by atoms with Crippen molar-refractivity contribution in [3.8, 4) is 0 Å². The van der Waals surface area contributed by atoms with Crippen LogP contribution in [0.3, 0.4) is 0 Å². The molecule has 0 spiro atoms. The van der Waals surface area contributed by atoms with Crippen molar-refractivity contribution in [2.45, 2.75) is 577 Å². The van der Waals surface area contributed by atoms with Crippen LogP contribution in [0.4, 0.5) is 0 Å². The average molecular weight is 1800 g/mol. The van der Waals surface area contributed by atoms with Crippen molar-refractivity contribution >= 4 is 43.5 Å². The standard InChI is InChI=1S/C100H187N2O22P/c1-7-13-19-25-31-37-39-41-43-49-55-61-67-73-89(108)118-83(71-65-59-53-47-35-29-23-17-11-5)77-88(107)102-93-97(123-92(111)78-84(72-66-60-54-48-36-30-24-18-12-6)119-90(109)74-68-62-56-50-44-42-40-38-32-26-20-14-8-2)95(112)85(79-103)120-99(93)117-80-86-96(113)98(122-91(110)76-82(105)70-64-58-52-46-34-28-22-16-10-4)94(100(121-86)124-125(114,115)116)101-87(106)75-81(104)69-63-57-51-45-33-27-21-15-9-3/h37,39,81-86,93-100,103-105,112-113H,7-36,38,40-80H2,1-6H3,(H,101,106)(H,102,107)(H2,114,115,116)/b39-37-/t81?,82?,83?,84?,85?,86?,93?,94?,95-,96-,97-,98-,99-,100+/m1/s1. The van der Waals surface area contributed by atoms with Crippen LogP contribution in [0.15, 0.2) is 12.2 Å². The zero-order valence-electron chi connectivity index (χ0n) is 79.9. The van der Waals surface area contributed by atoms with Crippen molar-refractivity contribution in [1.82, 2.24) is 10.6 Å². The number of phosphoric acid groups is 1. The van der Waals surface area contributed by atoms with Crippen LogP contribution in [0.2, 0.25) is 0 Å². The minimum atomic E-state index is -5.62. The van der Waals surface area contributed by atoms with Crippen molar-refractivity contribution in [2.24, 2.45) is 0 Å². The van der Waals surface area contributed by atoms with E-state index in [2.05, 4.69) is 64.3 Å². The Morgan fingerprint density at radius 1 is 0.352 bits per heavy atom. The minimum Gasteiger partial charge on any atom is -0.462 e. The Kier molecular flexibility index (Phi) is 75.2. The van der Waals surface area contributed by atoms with E-state index >= 15 is 4.79 Å². The first kappa shape index (κ1) is 117. The molecular formula is C100H187N2O22P. The molecule has 2 saturated heterocycles. The zero-order valence-corrected chi connectivity index (χ0v) is 80.7. The van der Waals surface area contributed by atoms with Crippen LogP contribution in [0.25, 0.3) is 0 Å². The van der Waals surface area contributed by atoms with Gasteiger partial charge in [-0.25, -0.2) is 4.57 Å². The van der Waals surface area contributed by atoms with Crippen molar-refractivity contribution in [3.63, 3.8) is 0 Å². The van der Waals surface area contributed by atoms with Crippen LogP contribution in [0, 0.1) is 0 Å². The van der Waals surface area contributed by atoms with E-state index in [0.29, 0.717) is 51.4 Å². The molecule has 0 aromatic carbocycles. The zero-order chi connectivity index (χ0) is 91.4. The van der Waals surface area contributed by atoms with Gasteiger partial charge in [0.25, 0.3) is 0 Å². The first-order valence-electron chi connectivity index (χ1n) is 51.6. The van der Waals surface area contributed by atoms with E-state index in [1.807, 2.05) is 0 Å². The molecule has 2 aliphatic heterocycles. The van der Waals surface area contributed by atoms with Crippen LogP contribution >= 0.6 is 7.82 Å². The number of ether oxygens (including phenoxy) is 7. The van der Waals surface area contributed by atoms with Crippen molar-refractivity contribution < 1.29 is 106 Å². The Balaban J connectivity index is 2.71. The smallest absolute Gasteiger partial charge is 0.462 e. The van der Waals surface area contributed by atoms with E-state index in [1.54, 1.807) is 0 Å². The summed E-state index contributed by atoms with van der Waals surface area (Å²) in [5.41, 5.74) is 0. The number of carbonyl (C=O) groups excluding carboxylic acids is 6. The fraction of sp³-hybridized carbons (Fsp3) is 0.920. The lowest BCUT2D eigenvalue weighted by Gasteiger charge is -2.46. The molecule has 0 bridgehead atoms. The number of esters is 4. The molecule has 25 heteroatoms. The Bertz CT molecular complexity index is 2670. The number of unbranched alkanes of at least 4 members (excludes halogenated alkanes) is 53. The van der Waals surface area contributed by atoms with E-state index in [9.17, 15) is 63.9 Å². The maximum Gasteiger partial charge on any atom is 0.472 e.